The molecule has 2 atom stereocenters. The molecule has 0 amide bonds. The van der Waals surface area contributed by atoms with Crippen molar-refractivity contribution in [3.8, 4) is 0 Å². The van der Waals surface area contributed by atoms with E-state index in [0.717, 1.165) is 5.92 Å². The van der Waals surface area contributed by atoms with Crippen LogP contribution in [0.3, 0.4) is 0 Å². The largest absolute Gasteiger partial charge is 0.300 e. The highest BCUT2D eigenvalue weighted by atomic mass is 15.2. The Kier molecular flexibility index (Phi) is 4.18. The van der Waals surface area contributed by atoms with E-state index in [4.69, 9.17) is 0 Å². The zero-order valence-corrected chi connectivity index (χ0v) is 10.2. The first-order valence-electron chi connectivity index (χ1n) is 5.93. The van der Waals surface area contributed by atoms with Crippen LogP contribution in [0.5, 0.6) is 0 Å². The molecule has 1 aliphatic rings. The van der Waals surface area contributed by atoms with Gasteiger partial charge in [-0.3, -0.25) is 4.90 Å². The first-order valence-corrected chi connectivity index (χ1v) is 5.93. The van der Waals surface area contributed by atoms with Crippen molar-refractivity contribution >= 4 is 0 Å². The molecule has 0 aromatic carbocycles. The third-order valence-corrected chi connectivity index (χ3v) is 3.53. The molecule has 1 fully saturated rings. The van der Waals surface area contributed by atoms with Gasteiger partial charge in [0.2, 0.25) is 0 Å². The quantitative estimate of drug-likeness (QED) is 0.622. The van der Waals surface area contributed by atoms with Gasteiger partial charge in [0.05, 0.1) is 0 Å². The number of hydrogen-bond acceptors (Lipinski definition) is 1. The molecule has 1 nitrogen and oxygen atoms in total. The third-order valence-electron chi connectivity index (χ3n) is 3.53. The maximum atomic E-state index is 4.10. The molecule has 0 spiro atoms. The van der Waals surface area contributed by atoms with E-state index < -0.39 is 0 Å². The molecule has 1 saturated heterocycles. The Morgan fingerprint density at radius 2 is 1.64 bits per heavy atom. The zero-order valence-electron chi connectivity index (χ0n) is 10.2. The number of nitrogens with zero attached hydrogens (tertiary/aromatic N) is 1. The molecule has 82 valence electrons. The number of likely N-dealkylation sites (tertiary alicyclic amines) is 1. The summed E-state index contributed by atoms with van der Waals surface area (Å²) in [6, 6.07) is 0.704. The van der Waals surface area contributed by atoms with Crippen LogP contribution in [0.2, 0.25) is 0 Å². The summed E-state index contributed by atoms with van der Waals surface area (Å²) in [7, 11) is 0. The molecule has 0 aromatic heterocycles. The molecule has 1 heterocycles. The van der Waals surface area contributed by atoms with E-state index in [1.807, 2.05) is 0 Å². The lowest BCUT2D eigenvalue weighted by molar-refractivity contribution is 0.151. The molecule has 1 aliphatic heterocycles. The molecular formula is C13H25N. The monoisotopic (exact) mass is 195 g/mol. The Morgan fingerprint density at radius 3 is 2.00 bits per heavy atom. The fourth-order valence-corrected chi connectivity index (χ4v) is 2.65. The van der Waals surface area contributed by atoms with E-state index in [1.165, 1.54) is 31.5 Å². The van der Waals surface area contributed by atoms with Gasteiger partial charge in [0.25, 0.3) is 0 Å². The van der Waals surface area contributed by atoms with Gasteiger partial charge >= 0.3 is 0 Å². The van der Waals surface area contributed by atoms with Crippen LogP contribution in [-0.4, -0.2) is 24.0 Å². The molecule has 0 radical (unpaired) electrons. The molecule has 1 heteroatoms. The lowest BCUT2D eigenvalue weighted by atomic mass is 9.86. The van der Waals surface area contributed by atoms with Crippen molar-refractivity contribution in [2.75, 3.05) is 13.1 Å². The molecule has 0 aliphatic carbocycles. The average Bonchev–Trinajstić information content (AvgIpc) is 2.56. The summed E-state index contributed by atoms with van der Waals surface area (Å²) in [4.78, 5) is 2.66. The number of hydrogen-bond donors (Lipinski definition) is 0. The lowest BCUT2D eigenvalue weighted by Crippen LogP contribution is -2.41. The van der Waals surface area contributed by atoms with Crippen LogP contribution in [0.1, 0.15) is 40.5 Å². The van der Waals surface area contributed by atoms with Gasteiger partial charge in [0.15, 0.2) is 0 Å². The van der Waals surface area contributed by atoms with Gasteiger partial charge in [-0.25, -0.2) is 0 Å². The Labute approximate surface area is 89.2 Å². The second-order valence-corrected chi connectivity index (χ2v) is 5.11. The average molecular weight is 195 g/mol. The predicted molar refractivity (Wildman–Crippen MR) is 63.4 cm³/mol. The Balaban J connectivity index is 2.67. The minimum atomic E-state index is 0.632. The first-order chi connectivity index (χ1) is 6.54. The van der Waals surface area contributed by atoms with E-state index in [-0.39, 0.29) is 0 Å². The molecule has 0 bridgehead atoms. The van der Waals surface area contributed by atoms with Crippen molar-refractivity contribution in [1.82, 2.24) is 4.90 Å². The normalized spacial score (nSPS) is 22.6. The molecule has 0 N–H and O–H groups in total. The Bertz CT molecular complexity index is 189. The van der Waals surface area contributed by atoms with E-state index in [2.05, 4.69) is 39.2 Å². The molecule has 1 rings (SSSR count). The standard InChI is InChI=1S/C13H25N/c1-10(2)12(5)13(11(3)4)14-8-6-7-9-14/h11-13H,1,6-9H2,2-5H3/t12-,13-/m0/s1. The van der Waals surface area contributed by atoms with E-state index >= 15 is 0 Å². The maximum Gasteiger partial charge on any atom is 0.0181 e. The summed E-state index contributed by atoms with van der Waals surface area (Å²) in [6.45, 7) is 15.8. The Hall–Kier alpha value is -0.300. The minimum Gasteiger partial charge on any atom is -0.300 e. The number of rotatable bonds is 4. The van der Waals surface area contributed by atoms with Crippen LogP contribution in [-0.2, 0) is 0 Å². The zero-order chi connectivity index (χ0) is 10.7. The predicted octanol–water partition coefficient (Wildman–Crippen LogP) is 3.32. The second-order valence-electron chi connectivity index (χ2n) is 5.11. The van der Waals surface area contributed by atoms with Crippen LogP contribution in [0.15, 0.2) is 12.2 Å². The van der Waals surface area contributed by atoms with Crippen LogP contribution < -0.4 is 0 Å². The van der Waals surface area contributed by atoms with E-state index in [0.29, 0.717) is 12.0 Å². The fraction of sp³-hybridized carbons (Fsp3) is 0.846. The van der Waals surface area contributed by atoms with Crippen LogP contribution in [0, 0.1) is 11.8 Å². The van der Waals surface area contributed by atoms with Crippen LogP contribution in [0.4, 0.5) is 0 Å². The molecule has 0 aromatic rings. The summed E-state index contributed by atoms with van der Waals surface area (Å²) in [5.41, 5.74) is 1.33. The van der Waals surface area contributed by atoms with Crippen molar-refractivity contribution in [2.24, 2.45) is 11.8 Å². The summed E-state index contributed by atoms with van der Waals surface area (Å²) >= 11 is 0. The molecular weight excluding hydrogens is 170 g/mol. The fourth-order valence-electron chi connectivity index (χ4n) is 2.65. The van der Waals surface area contributed by atoms with E-state index in [1.54, 1.807) is 0 Å². The van der Waals surface area contributed by atoms with Crippen molar-refractivity contribution in [3.05, 3.63) is 12.2 Å². The Morgan fingerprint density at radius 1 is 1.14 bits per heavy atom. The van der Waals surface area contributed by atoms with Gasteiger partial charge in [-0.15, -0.1) is 0 Å². The second kappa shape index (κ2) is 4.97. The first kappa shape index (κ1) is 11.8. The van der Waals surface area contributed by atoms with Gasteiger partial charge < -0.3 is 0 Å². The van der Waals surface area contributed by atoms with Gasteiger partial charge in [0, 0.05) is 6.04 Å². The molecule has 14 heavy (non-hydrogen) atoms. The van der Waals surface area contributed by atoms with Gasteiger partial charge in [0.1, 0.15) is 0 Å². The van der Waals surface area contributed by atoms with Gasteiger partial charge in [-0.05, 0) is 44.7 Å². The highest BCUT2D eigenvalue weighted by Gasteiger charge is 2.29. The van der Waals surface area contributed by atoms with Crippen LogP contribution in [0.25, 0.3) is 0 Å². The van der Waals surface area contributed by atoms with Crippen molar-refractivity contribution < 1.29 is 0 Å². The van der Waals surface area contributed by atoms with E-state index in [9.17, 15) is 0 Å². The highest BCUT2D eigenvalue weighted by molar-refractivity contribution is 5.01. The maximum absolute atomic E-state index is 4.10. The summed E-state index contributed by atoms with van der Waals surface area (Å²) in [6.07, 6.45) is 2.76. The topological polar surface area (TPSA) is 3.24 Å². The minimum absolute atomic E-state index is 0.632. The smallest absolute Gasteiger partial charge is 0.0181 e. The van der Waals surface area contributed by atoms with Gasteiger partial charge in [-0.1, -0.05) is 32.9 Å². The van der Waals surface area contributed by atoms with Crippen molar-refractivity contribution in [1.29, 1.82) is 0 Å². The summed E-state index contributed by atoms with van der Waals surface area (Å²) in [5, 5.41) is 0. The van der Waals surface area contributed by atoms with Crippen molar-refractivity contribution in [3.63, 3.8) is 0 Å². The molecule has 0 saturated carbocycles. The summed E-state index contributed by atoms with van der Waals surface area (Å²) < 4.78 is 0. The third kappa shape index (κ3) is 2.60. The van der Waals surface area contributed by atoms with Crippen LogP contribution >= 0.6 is 0 Å². The van der Waals surface area contributed by atoms with Gasteiger partial charge in [-0.2, -0.15) is 0 Å². The van der Waals surface area contributed by atoms with Crippen molar-refractivity contribution in [2.45, 2.75) is 46.6 Å². The summed E-state index contributed by atoms with van der Waals surface area (Å²) in [5.74, 6) is 1.37. The molecule has 0 unspecified atom stereocenters. The highest BCUT2D eigenvalue weighted by Crippen LogP contribution is 2.27. The lowest BCUT2D eigenvalue weighted by Gasteiger charge is -2.36. The SMILES string of the molecule is C=C(C)[C@H](C)[C@H](C(C)C)N1CCCC1.